The van der Waals surface area contributed by atoms with E-state index in [0.29, 0.717) is 39.0 Å². The van der Waals surface area contributed by atoms with Gasteiger partial charge in [0.1, 0.15) is 17.1 Å². The molecule has 0 atom stereocenters. The molecule has 26 heavy (non-hydrogen) atoms. The molecule has 0 unspecified atom stereocenters. The van der Waals surface area contributed by atoms with Crippen LogP contribution in [0.15, 0.2) is 53.2 Å². The lowest BCUT2D eigenvalue weighted by Crippen LogP contribution is -2.01. The Morgan fingerprint density at radius 2 is 1.88 bits per heavy atom. The van der Waals surface area contributed by atoms with Crippen molar-refractivity contribution < 1.29 is 29.3 Å². The minimum Gasteiger partial charge on any atom is -0.507 e. The number of carbonyl (C=O) groups excluding carboxylic acids is 1. The van der Waals surface area contributed by atoms with E-state index in [4.69, 9.17) is 9.15 Å². The number of benzene rings is 2. The summed E-state index contributed by atoms with van der Waals surface area (Å²) in [4.78, 5) is 12.6. The maximum absolute atomic E-state index is 12.6. The number of ether oxygens (including phenoxy) is 1. The van der Waals surface area contributed by atoms with E-state index in [2.05, 4.69) is 0 Å². The summed E-state index contributed by atoms with van der Waals surface area (Å²) in [5, 5.41) is 29.6. The molecule has 0 amide bonds. The van der Waals surface area contributed by atoms with Crippen LogP contribution in [0, 0.1) is 0 Å². The number of fused-ring (bicyclic) bond motifs is 1. The van der Waals surface area contributed by atoms with Gasteiger partial charge in [-0.3, -0.25) is 4.79 Å². The molecular weight excluding hydrogens is 336 g/mol. The van der Waals surface area contributed by atoms with E-state index in [1.165, 1.54) is 19.4 Å². The largest absolute Gasteiger partial charge is 0.507 e. The molecule has 3 N–H and O–H groups in total. The summed E-state index contributed by atoms with van der Waals surface area (Å²) in [6.45, 7) is -0.503. The molecule has 0 saturated carbocycles. The van der Waals surface area contributed by atoms with Crippen LogP contribution >= 0.6 is 0 Å². The zero-order valence-corrected chi connectivity index (χ0v) is 14.1. The van der Waals surface area contributed by atoms with Crippen molar-refractivity contribution in [3.8, 4) is 5.75 Å². The minimum atomic E-state index is -0.431. The summed E-state index contributed by atoms with van der Waals surface area (Å²) in [7, 11) is 1.46. The number of methoxy groups -OCH3 is 1. The number of ketones is 1. The molecule has 0 radical (unpaired) electrons. The lowest BCUT2D eigenvalue weighted by molar-refractivity contribution is 0.104. The zero-order chi connectivity index (χ0) is 18.7. The fraction of sp³-hybridized carbons (Fsp3) is 0.150. The number of furan rings is 1. The summed E-state index contributed by atoms with van der Waals surface area (Å²) in [6.07, 6.45) is 2.60. The monoisotopic (exact) mass is 354 g/mol. The summed E-state index contributed by atoms with van der Waals surface area (Å²) in [5.41, 5.74) is 2.29. The SMILES string of the molecule is COc1c(C(=O)/C=C(\O)c2ccc(CO)c(CO)c2)ccc2occc12. The van der Waals surface area contributed by atoms with Crippen molar-refractivity contribution in [1.82, 2.24) is 0 Å². The van der Waals surface area contributed by atoms with Crippen molar-refractivity contribution >= 4 is 22.5 Å². The zero-order valence-electron chi connectivity index (χ0n) is 14.1. The lowest BCUT2D eigenvalue weighted by Gasteiger charge is -2.09. The third-order valence-corrected chi connectivity index (χ3v) is 4.17. The maximum Gasteiger partial charge on any atom is 0.193 e. The molecule has 6 heteroatoms. The van der Waals surface area contributed by atoms with Crippen LogP contribution in [-0.4, -0.2) is 28.2 Å². The highest BCUT2D eigenvalue weighted by molar-refractivity contribution is 6.12. The fourth-order valence-corrected chi connectivity index (χ4v) is 2.80. The molecule has 0 aliphatic heterocycles. The normalized spacial score (nSPS) is 11.7. The van der Waals surface area contributed by atoms with Gasteiger partial charge in [0.2, 0.25) is 0 Å². The number of rotatable bonds is 6. The molecule has 3 aromatic rings. The van der Waals surface area contributed by atoms with Gasteiger partial charge in [-0.25, -0.2) is 0 Å². The fourth-order valence-electron chi connectivity index (χ4n) is 2.80. The molecule has 134 valence electrons. The van der Waals surface area contributed by atoms with Crippen molar-refractivity contribution in [3.63, 3.8) is 0 Å². The van der Waals surface area contributed by atoms with Gasteiger partial charge in [0.25, 0.3) is 0 Å². The van der Waals surface area contributed by atoms with Crippen LogP contribution in [0.1, 0.15) is 27.0 Å². The van der Waals surface area contributed by atoms with E-state index < -0.39 is 5.78 Å². The highest BCUT2D eigenvalue weighted by atomic mass is 16.5. The summed E-state index contributed by atoms with van der Waals surface area (Å²) < 4.78 is 10.6. The van der Waals surface area contributed by atoms with Crippen LogP contribution in [-0.2, 0) is 13.2 Å². The van der Waals surface area contributed by atoms with Gasteiger partial charge >= 0.3 is 0 Å². The van der Waals surface area contributed by atoms with Crippen LogP contribution in [0.5, 0.6) is 5.75 Å². The smallest absolute Gasteiger partial charge is 0.193 e. The Morgan fingerprint density at radius 3 is 2.58 bits per heavy atom. The topological polar surface area (TPSA) is 100 Å². The first-order valence-electron chi connectivity index (χ1n) is 7.92. The Kier molecular flexibility index (Phi) is 5.06. The predicted octanol–water partition coefficient (Wildman–Crippen LogP) is 3.21. The van der Waals surface area contributed by atoms with Gasteiger partial charge in [0, 0.05) is 11.6 Å². The van der Waals surface area contributed by atoms with Gasteiger partial charge in [-0.15, -0.1) is 0 Å². The number of aliphatic hydroxyl groups excluding tert-OH is 3. The Bertz CT molecular complexity index is 983. The first kappa shape index (κ1) is 17.7. The molecule has 0 aliphatic carbocycles. The van der Waals surface area contributed by atoms with E-state index in [-0.39, 0.29) is 19.0 Å². The molecule has 1 heterocycles. The Balaban J connectivity index is 1.98. The third-order valence-electron chi connectivity index (χ3n) is 4.17. The predicted molar refractivity (Wildman–Crippen MR) is 96.0 cm³/mol. The van der Waals surface area contributed by atoms with Crippen molar-refractivity contribution in [2.75, 3.05) is 7.11 Å². The minimum absolute atomic E-state index is 0.221. The van der Waals surface area contributed by atoms with Crippen LogP contribution in [0.3, 0.4) is 0 Å². The molecule has 1 aromatic heterocycles. The quantitative estimate of drug-likeness (QED) is 0.357. The van der Waals surface area contributed by atoms with E-state index in [1.54, 1.807) is 30.3 Å². The van der Waals surface area contributed by atoms with Crippen LogP contribution in [0.25, 0.3) is 16.7 Å². The standard InChI is InChI=1S/C20H18O6/c1-25-20-15(4-5-19-16(20)6-7-26-19)18(24)9-17(23)12-2-3-13(10-21)14(8-12)11-22/h2-9,21-23H,10-11H2,1H3/b17-9-. The molecule has 0 spiro atoms. The number of hydrogen-bond acceptors (Lipinski definition) is 6. The van der Waals surface area contributed by atoms with Crippen LogP contribution < -0.4 is 4.74 Å². The Morgan fingerprint density at radius 1 is 1.12 bits per heavy atom. The summed E-state index contributed by atoms with van der Waals surface area (Å²) in [6, 6.07) is 9.63. The van der Waals surface area contributed by atoms with Crippen LogP contribution in [0.4, 0.5) is 0 Å². The van der Waals surface area contributed by atoms with Crippen molar-refractivity contribution in [2.45, 2.75) is 13.2 Å². The maximum atomic E-state index is 12.6. The highest BCUT2D eigenvalue weighted by Gasteiger charge is 2.16. The summed E-state index contributed by atoms with van der Waals surface area (Å²) in [5.74, 6) is -0.306. The molecule has 2 aromatic carbocycles. The van der Waals surface area contributed by atoms with Gasteiger partial charge in [0.05, 0.1) is 37.5 Å². The highest BCUT2D eigenvalue weighted by Crippen LogP contribution is 2.31. The number of allylic oxidation sites excluding steroid dienone is 1. The second kappa shape index (κ2) is 7.43. The van der Waals surface area contributed by atoms with Crippen LogP contribution in [0.2, 0.25) is 0 Å². The molecule has 6 nitrogen and oxygen atoms in total. The molecule has 0 saturated heterocycles. The Labute approximate surface area is 149 Å². The molecule has 0 bridgehead atoms. The van der Waals surface area contributed by atoms with E-state index in [0.717, 1.165) is 6.08 Å². The average Bonchev–Trinajstić information content (AvgIpc) is 3.15. The molecule has 3 rings (SSSR count). The van der Waals surface area contributed by atoms with E-state index >= 15 is 0 Å². The second-order valence-corrected chi connectivity index (χ2v) is 5.67. The van der Waals surface area contributed by atoms with E-state index in [1.807, 2.05) is 0 Å². The summed E-state index contributed by atoms with van der Waals surface area (Å²) >= 11 is 0. The van der Waals surface area contributed by atoms with Gasteiger partial charge in [0.15, 0.2) is 5.78 Å². The number of hydrogen-bond donors (Lipinski definition) is 3. The average molecular weight is 354 g/mol. The second-order valence-electron chi connectivity index (χ2n) is 5.67. The lowest BCUT2D eigenvalue weighted by atomic mass is 10.0. The Hall–Kier alpha value is -3.09. The third kappa shape index (κ3) is 3.20. The molecule has 0 fully saturated rings. The van der Waals surface area contributed by atoms with Gasteiger partial charge in [-0.1, -0.05) is 12.1 Å². The van der Waals surface area contributed by atoms with E-state index in [9.17, 15) is 20.1 Å². The van der Waals surface area contributed by atoms with Gasteiger partial charge in [-0.05, 0) is 35.4 Å². The van der Waals surface area contributed by atoms with Gasteiger partial charge in [-0.2, -0.15) is 0 Å². The van der Waals surface area contributed by atoms with Crippen molar-refractivity contribution in [2.24, 2.45) is 0 Å². The van der Waals surface area contributed by atoms with Crippen molar-refractivity contribution in [1.29, 1.82) is 0 Å². The molecular formula is C20H18O6. The first-order chi connectivity index (χ1) is 12.6. The first-order valence-corrected chi connectivity index (χ1v) is 7.92. The number of carbonyl (C=O) groups is 1. The van der Waals surface area contributed by atoms with Gasteiger partial charge < -0.3 is 24.5 Å². The molecule has 0 aliphatic rings. The van der Waals surface area contributed by atoms with Crippen molar-refractivity contribution in [3.05, 3.63) is 71.0 Å². The number of aliphatic hydroxyl groups is 3.